The minimum atomic E-state index is -0.216. The second-order valence-corrected chi connectivity index (χ2v) is 8.14. The number of nitrogens with one attached hydrogen (secondary N) is 2. The number of halogens is 1. The molecule has 1 aliphatic heterocycles. The van der Waals surface area contributed by atoms with Gasteiger partial charge in [0, 0.05) is 61.0 Å². The maximum atomic E-state index is 14.9. The number of nitrogens with zero attached hydrogens (tertiary/aromatic N) is 3. The van der Waals surface area contributed by atoms with Gasteiger partial charge in [0.25, 0.3) is 0 Å². The normalized spacial score (nSPS) is 16.5. The quantitative estimate of drug-likeness (QED) is 0.503. The summed E-state index contributed by atoms with van der Waals surface area (Å²) in [5.74, 6) is -0.216. The number of likely N-dealkylation sites (N-methyl/N-ethyl adjacent to an activating group) is 1. The van der Waals surface area contributed by atoms with E-state index in [-0.39, 0.29) is 11.9 Å². The fourth-order valence-corrected chi connectivity index (χ4v) is 4.47. The standard InChI is InChI=1S/C25H26FN5/c1-30-11-13-31(14-12-30)25(19-16-28-29-17-19)18-8-9-21(24-7-4-10-27-24)22(15-18)20-5-2-3-6-23(20)26/h2-10,15-17,25,27H,11-14H2,1H3,(H,28,29). The van der Waals surface area contributed by atoms with Crippen molar-refractivity contribution in [2.45, 2.75) is 6.04 Å². The highest BCUT2D eigenvalue weighted by molar-refractivity contribution is 5.83. The molecule has 1 fully saturated rings. The zero-order chi connectivity index (χ0) is 21.2. The van der Waals surface area contributed by atoms with Gasteiger partial charge in [0.2, 0.25) is 0 Å². The SMILES string of the molecule is CN1CCN(C(c2cn[nH]c2)c2ccc(-c3ccc[nH]3)c(-c3ccccc3F)c2)CC1. The van der Waals surface area contributed by atoms with E-state index in [1.54, 1.807) is 6.07 Å². The average Bonchev–Trinajstić information content (AvgIpc) is 3.50. The van der Waals surface area contributed by atoms with Crippen molar-refractivity contribution in [2.24, 2.45) is 0 Å². The van der Waals surface area contributed by atoms with Gasteiger partial charge >= 0.3 is 0 Å². The minimum Gasteiger partial charge on any atom is -0.361 e. The van der Waals surface area contributed by atoms with E-state index in [0.717, 1.165) is 54.1 Å². The van der Waals surface area contributed by atoms with Gasteiger partial charge in [0.15, 0.2) is 0 Å². The molecule has 0 spiro atoms. The van der Waals surface area contributed by atoms with E-state index >= 15 is 0 Å². The molecule has 0 amide bonds. The van der Waals surface area contributed by atoms with Crippen molar-refractivity contribution in [1.29, 1.82) is 0 Å². The molecular formula is C25H26FN5. The van der Waals surface area contributed by atoms with Crippen LogP contribution in [0.1, 0.15) is 17.2 Å². The monoisotopic (exact) mass is 415 g/mol. The molecule has 3 heterocycles. The predicted octanol–water partition coefficient (Wildman–Crippen LogP) is 4.55. The van der Waals surface area contributed by atoms with Crippen LogP contribution < -0.4 is 0 Å². The minimum absolute atomic E-state index is 0.0654. The van der Waals surface area contributed by atoms with Crippen molar-refractivity contribution < 1.29 is 4.39 Å². The van der Waals surface area contributed by atoms with Crippen molar-refractivity contribution in [3.8, 4) is 22.4 Å². The molecule has 2 N–H and O–H groups in total. The van der Waals surface area contributed by atoms with Crippen molar-refractivity contribution in [3.63, 3.8) is 0 Å². The van der Waals surface area contributed by atoms with Gasteiger partial charge in [0.1, 0.15) is 5.82 Å². The van der Waals surface area contributed by atoms with Crippen LogP contribution in [0, 0.1) is 5.82 Å². The Hall–Kier alpha value is -3.22. The Bertz CT molecular complexity index is 1130. The fraction of sp³-hybridized carbons (Fsp3) is 0.240. The topological polar surface area (TPSA) is 50.9 Å². The summed E-state index contributed by atoms with van der Waals surface area (Å²) < 4.78 is 14.9. The van der Waals surface area contributed by atoms with Gasteiger partial charge in [-0.25, -0.2) is 4.39 Å². The first-order valence-electron chi connectivity index (χ1n) is 10.6. The van der Waals surface area contributed by atoms with E-state index in [9.17, 15) is 4.39 Å². The van der Waals surface area contributed by atoms with E-state index in [1.807, 2.05) is 42.9 Å². The third kappa shape index (κ3) is 3.92. The van der Waals surface area contributed by atoms with Gasteiger partial charge in [-0.1, -0.05) is 30.3 Å². The van der Waals surface area contributed by atoms with Crippen LogP contribution in [0.15, 0.2) is 73.2 Å². The van der Waals surface area contributed by atoms with Gasteiger partial charge < -0.3 is 9.88 Å². The number of rotatable bonds is 5. The Kier molecular flexibility index (Phi) is 5.40. The summed E-state index contributed by atoms with van der Waals surface area (Å²) in [5, 5.41) is 7.17. The maximum Gasteiger partial charge on any atom is 0.131 e. The van der Waals surface area contributed by atoms with Crippen LogP contribution >= 0.6 is 0 Å². The molecule has 2 aromatic carbocycles. The molecular weight excluding hydrogens is 389 g/mol. The van der Waals surface area contributed by atoms with Gasteiger partial charge in [-0.3, -0.25) is 10.00 Å². The lowest BCUT2D eigenvalue weighted by Gasteiger charge is -2.38. The van der Waals surface area contributed by atoms with Crippen LogP contribution in [0.2, 0.25) is 0 Å². The molecule has 4 aromatic rings. The second kappa shape index (κ2) is 8.49. The molecule has 0 saturated carbocycles. The molecule has 1 saturated heterocycles. The van der Waals surface area contributed by atoms with Crippen LogP contribution in [0.5, 0.6) is 0 Å². The highest BCUT2D eigenvalue weighted by atomic mass is 19.1. The summed E-state index contributed by atoms with van der Waals surface area (Å²) in [5.41, 5.74) is 5.72. The zero-order valence-corrected chi connectivity index (χ0v) is 17.6. The number of aromatic nitrogens is 3. The largest absolute Gasteiger partial charge is 0.361 e. The van der Waals surface area contributed by atoms with Crippen LogP contribution in [-0.4, -0.2) is 58.2 Å². The van der Waals surface area contributed by atoms with E-state index in [0.29, 0.717) is 5.56 Å². The van der Waals surface area contributed by atoms with Crippen LogP contribution in [0.3, 0.4) is 0 Å². The molecule has 1 atom stereocenters. The molecule has 0 radical (unpaired) electrons. The Morgan fingerprint density at radius 1 is 0.903 bits per heavy atom. The van der Waals surface area contributed by atoms with Crippen LogP contribution in [0.4, 0.5) is 4.39 Å². The first-order valence-corrected chi connectivity index (χ1v) is 10.6. The number of piperazine rings is 1. The van der Waals surface area contributed by atoms with Crippen molar-refractivity contribution in [3.05, 3.63) is 90.1 Å². The van der Waals surface area contributed by atoms with Crippen molar-refractivity contribution in [2.75, 3.05) is 33.2 Å². The Balaban J connectivity index is 1.64. The molecule has 0 bridgehead atoms. The second-order valence-electron chi connectivity index (χ2n) is 8.14. The molecule has 5 rings (SSSR count). The van der Waals surface area contributed by atoms with E-state index < -0.39 is 0 Å². The van der Waals surface area contributed by atoms with Crippen molar-refractivity contribution in [1.82, 2.24) is 25.0 Å². The highest BCUT2D eigenvalue weighted by Gasteiger charge is 2.27. The predicted molar refractivity (Wildman–Crippen MR) is 121 cm³/mol. The fourth-order valence-electron chi connectivity index (χ4n) is 4.47. The number of hydrogen-bond donors (Lipinski definition) is 2. The molecule has 1 aliphatic rings. The Morgan fingerprint density at radius 2 is 1.74 bits per heavy atom. The van der Waals surface area contributed by atoms with Gasteiger partial charge in [-0.15, -0.1) is 0 Å². The van der Waals surface area contributed by atoms with E-state index in [2.05, 4.69) is 50.2 Å². The molecule has 0 aliphatic carbocycles. The molecule has 31 heavy (non-hydrogen) atoms. The number of hydrogen-bond acceptors (Lipinski definition) is 3. The molecule has 2 aromatic heterocycles. The number of H-pyrrole nitrogens is 2. The van der Waals surface area contributed by atoms with Gasteiger partial charge in [0.05, 0.1) is 12.2 Å². The maximum absolute atomic E-state index is 14.9. The average molecular weight is 416 g/mol. The summed E-state index contributed by atoms with van der Waals surface area (Å²) in [4.78, 5) is 8.11. The Labute approximate surface area is 181 Å². The summed E-state index contributed by atoms with van der Waals surface area (Å²) in [6.45, 7) is 3.99. The molecule has 6 heteroatoms. The first kappa shape index (κ1) is 19.7. The number of benzene rings is 2. The lowest BCUT2D eigenvalue weighted by atomic mass is 9.90. The summed E-state index contributed by atoms with van der Waals surface area (Å²) in [6, 6.07) is 17.5. The summed E-state index contributed by atoms with van der Waals surface area (Å²) in [7, 11) is 2.16. The van der Waals surface area contributed by atoms with Crippen LogP contribution in [0.25, 0.3) is 22.4 Å². The van der Waals surface area contributed by atoms with E-state index in [1.165, 1.54) is 6.07 Å². The smallest absolute Gasteiger partial charge is 0.131 e. The lowest BCUT2D eigenvalue weighted by Crippen LogP contribution is -2.46. The molecule has 5 nitrogen and oxygen atoms in total. The zero-order valence-electron chi connectivity index (χ0n) is 17.6. The van der Waals surface area contributed by atoms with Gasteiger partial charge in [-0.05, 0) is 42.4 Å². The van der Waals surface area contributed by atoms with Crippen molar-refractivity contribution >= 4 is 0 Å². The Morgan fingerprint density at radius 3 is 2.45 bits per heavy atom. The lowest BCUT2D eigenvalue weighted by molar-refractivity contribution is 0.127. The summed E-state index contributed by atoms with van der Waals surface area (Å²) >= 11 is 0. The first-order chi connectivity index (χ1) is 15.2. The molecule has 1 unspecified atom stereocenters. The summed E-state index contributed by atoms with van der Waals surface area (Å²) in [6.07, 6.45) is 5.75. The third-order valence-corrected chi connectivity index (χ3v) is 6.15. The third-order valence-electron chi connectivity index (χ3n) is 6.15. The van der Waals surface area contributed by atoms with Crippen LogP contribution in [-0.2, 0) is 0 Å². The molecule has 158 valence electrons. The highest BCUT2D eigenvalue weighted by Crippen LogP contribution is 2.37. The number of aromatic amines is 2. The van der Waals surface area contributed by atoms with E-state index in [4.69, 9.17) is 0 Å². The van der Waals surface area contributed by atoms with Gasteiger partial charge in [-0.2, -0.15) is 5.10 Å².